The van der Waals surface area contributed by atoms with Crippen LogP contribution in [-0.2, 0) is 22.4 Å². The van der Waals surface area contributed by atoms with Crippen LogP contribution in [0.4, 0.5) is 0 Å². The molecule has 0 aliphatic rings. The predicted octanol–water partition coefficient (Wildman–Crippen LogP) is 5.11. The quantitative estimate of drug-likeness (QED) is 0.677. The molecule has 0 aliphatic carbocycles. The second kappa shape index (κ2) is 11.9. The van der Waals surface area contributed by atoms with E-state index >= 15 is 0 Å². The molecule has 0 spiro atoms. The Kier molecular flexibility index (Phi) is 9.88. The fourth-order valence-corrected chi connectivity index (χ4v) is 2.81. The molecule has 0 fully saturated rings. The van der Waals surface area contributed by atoms with Crippen LogP contribution in [0.5, 0.6) is 0 Å². The summed E-state index contributed by atoms with van der Waals surface area (Å²) < 4.78 is 0. The van der Waals surface area contributed by atoms with Gasteiger partial charge in [-0.2, -0.15) is 0 Å². The van der Waals surface area contributed by atoms with Gasteiger partial charge in [-0.15, -0.1) is 0 Å². The second-order valence-corrected chi connectivity index (χ2v) is 6.91. The van der Waals surface area contributed by atoms with E-state index in [1.54, 1.807) is 0 Å². The molecule has 0 saturated heterocycles. The molecule has 0 heterocycles. The molecule has 0 bridgehead atoms. The van der Waals surface area contributed by atoms with E-state index in [0.717, 1.165) is 25.7 Å². The molecule has 2 aromatic rings. The van der Waals surface area contributed by atoms with E-state index in [1.807, 2.05) is 25.1 Å². The van der Waals surface area contributed by atoms with Crippen LogP contribution < -0.4 is 0 Å². The third-order valence-electron chi connectivity index (χ3n) is 4.28. The van der Waals surface area contributed by atoms with Crippen molar-refractivity contribution in [3.8, 4) is 0 Å². The highest BCUT2D eigenvalue weighted by molar-refractivity contribution is 5.66. The van der Waals surface area contributed by atoms with Crippen molar-refractivity contribution in [2.24, 2.45) is 0 Å². The molecule has 4 nitrogen and oxygen atoms in total. The van der Waals surface area contributed by atoms with Crippen LogP contribution in [0.1, 0.15) is 53.5 Å². The summed E-state index contributed by atoms with van der Waals surface area (Å²) in [5.41, 5.74) is 6.21. The second-order valence-electron chi connectivity index (χ2n) is 6.91. The highest BCUT2D eigenvalue weighted by Gasteiger charge is 2.01. The molecule has 0 saturated carbocycles. The van der Waals surface area contributed by atoms with E-state index in [-0.39, 0.29) is 12.8 Å². The van der Waals surface area contributed by atoms with Gasteiger partial charge in [0, 0.05) is 12.8 Å². The summed E-state index contributed by atoms with van der Waals surface area (Å²) in [6.45, 7) is 6.16. The van der Waals surface area contributed by atoms with Gasteiger partial charge in [-0.05, 0) is 63.1 Å². The molecule has 0 amide bonds. The number of aliphatic carboxylic acids is 2. The van der Waals surface area contributed by atoms with E-state index in [4.69, 9.17) is 10.2 Å². The maximum atomic E-state index is 10.3. The minimum absolute atomic E-state index is 0.257. The summed E-state index contributed by atoms with van der Waals surface area (Å²) in [7, 11) is 0. The third-order valence-corrected chi connectivity index (χ3v) is 4.28. The van der Waals surface area contributed by atoms with E-state index in [0.29, 0.717) is 0 Å². The van der Waals surface area contributed by atoms with Crippen molar-refractivity contribution in [2.45, 2.75) is 59.3 Å². The van der Waals surface area contributed by atoms with Gasteiger partial charge < -0.3 is 10.2 Å². The maximum Gasteiger partial charge on any atom is 0.303 e. The average Bonchev–Trinajstić information content (AvgIpc) is 2.58. The molecule has 0 radical (unpaired) electrons. The summed E-state index contributed by atoms with van der Waals surface area (Å²) in [5.74, 6) is -1.43. The fourth-order valence-electron chi connectivity index (χ4n) is 2.81. The molecule has 0 unspecified atom stereocenters. The number of benzene rings is 2. The largest absolute Gasteiger partial charge is 0.481 e. The monoisotopic (exact) mass is 370 g/mol. The van der Waals surface area contributed by atoms with Crippen molar-refractivity contribution in [1.29, 1.82) is 0 Å². The van der Waals surface area contributed by atoms with Crippen LogP contribution in [0.15, 0.2) is 42.5 Å². The molecule has 2 N–H and O–H groups in total. The summed E-state index contributed by atoms with van der Waals surface area (Å²) >= 11 is 0. The molecule has 4 heteroatoms. The zero-order valence-electron chi connectivity index (χ0n) is 16.5. The molecule has 2 rings (SSSR count). The molecule has 0 aromatic heterocycles. The Balaban J connectivity index is 0.000000271. The molecule has 27 heavy (non-hydrogen) atoms. The fraction of sp³-hybridized carbons (Fsp3) is 0.391. The zero-order chi connectivity index (χ0) is 20.2. The van der Waals surface area contributed by atoms with Crippen molar-refractivity contribution in [1.82, 2.24) is 0 Å². The standard InChI is InChI=1S/C12H16O2.C11H14O2/c1-9-6-7-10(2)11(8-9)4-3-5-12(13)14;1-9-4-2-5-10(8-9)6-3-7-11(12)13/h6-8H,3-5H2,1-2H3,(H,13,14);2,4-5,8H,3,6-7H2,1H3,(H,12,13). The highest BCUT2D eigenvalue weighted by Crippen LogP contribution is 2.13. The van der Waals surface area contributed by atoms with Gasteiger partial charge in [0.05, 0.1) is 0 Å². The number of rotatable bonds is 8. The van der Waals surface area contributed by atoms with Crippen LogP contribution in [0.3, 0.4) is 0 Å². The lowest BCUT2D eigenvalue weighted by atomic mass is 10.0. The third kappa shape index (κ3) is 10.2. The Hall–Kier alpha value is -2.62. The SMILES string of the molecule is Cc1ccc(C)c(CCCC(=O)O)c1.Cc1cccc(CCCC(=O)O)c1. The van der Waals surface area contributed by atoms with Crippen molar-refractivity contribution in [2.75, 3.05) is 0 Å². The normalized spacial score (nSPS) is 10.0. The first kappa shape index (κ1) is 22.4. The van der Waals surface area contributed by atoms with Crippen molar-refractivity contribution in [3.05, 3.63) is 70.3 Å². The molecule has 2 aromatic carbocycles. The van der Waals surface area contributed by atoms with Gasteiger partial charge in [0.15, 0.2) is 0 Å². The van der Waals surface area contributed by atoms with Gasteiger partial charge in [0.1, 0.15) is 0 Å². The van der Waals surface area contributed by atoms with E-state index in [1.165, 1.54) is 27.8 Å². The number of hydrogen-bond acceptors (Lipinski definition) is 2. The molecule has 0 aliphatic heterocycles. The van der Waals surface area contributed by atoms with Crippen LogP contribution in [0, 0.1) is 20.8 Å². The molecule has 146 valence electrons. The first-order valence-electron chi connectivity index (χ1n) is 9.33. The van der Waals surface area contributed by atoms with Crippen molar-refractivity contribution < 1.29 is 19.8 Å². The lowest BCUT2D eigenvalue weighted by Gasteiger charge is -2.05. The Bertz CT molecular complexity index is 750. The number of carboxylic acid groups (broad SMARTS) is 2. The average molecular weight is 370 g/mol. The minimum atomic E-state index is -0.715. The van der Waals surface area contributed by atoms with Gasteiger partial charge >= 0.3 is 11.9 Å². The van der Waals surface area contributed by atoms with E-state index < -0.39 is 11.9 Å². The number of carboxylic acids is 2. The first-order chi connectivity index (χ1) is 12.8. The molecular weight excluding hydrogens is 340 g/mol. The van der Waals surface area contributed by atoms with Gasteiger partial charge in [-0.25, -0.2) is 0 Å². The van der Waals surface area contributed by atoms with E-state index in [2.05, 4.69) is 38.1 Å². The summed E-state index contributed by atoms with van der Waals surface area (Å²) in [6.07, 6.45) is 3.67. The lowest BCUT2D eigenvalue weighted by molar-refractivity contribution is -0.138. The Morgan fingerprint density at radius 1 is 0.778 bits per heavy atom. The summed E-state index contributed by atoms with van der Waals surface area (Å²) in [5, 5.41) is 17.0. The van der Waals surface area contributed by atoms with Crippen molar-refractivity contribution in [3.63, 3.8) is 0 Å². The Morgan fingerprint density at radius 3 is 1.96 bits per heavy atom. The lowest BCUT2D eigenvalue weighted by Crippen LogP contribution is -1.97. The summed E-state index contributed by atoms with van der Waals surface area (Å²) in [6, 6.07) is 14.5. The zero-order valence-corrected chi connectivity index (χ0v) is 16.5. The highest BCUT2D eigenvalue weighted by atomic mass is 16.4. The summed E-state index contributed by atoms with van der Waals surface area (Å²) in [4.78, 5) is 20.6. The van der Waals surface area contributed by atoms with Crippen LogP contribution in [-0.4, -0.2) is 22.2 Å². The molecule has 0 atom stereocenters. The smallest absolute Gasteiger partial charge is 0.303 e. The van der Waals surface area contributed by atoms with Crippen LogP contribution in [0.25, 0.3) is 0 Å². The predicted molar refractivity (Wildman–Crippen MR) is 108 cm³/mol. The van der Waals surface area contributed by atoms with Crippen molar-refractivity contribution >= 4 is 11.9 Å². The number of carbonyl (C=O) groups is 2. The number of hydrogen-bond donors (Lipinski definition) is 2. The first-order valence-corrected chi connectivity index (χ1v) is 9.33. The van der Waals surface area contributed by atoms with E-state index in [9.17, 15) is 9.59 Å². The molecular formula is C23H30O4. The van der Waals surface area contributed by atoms with Gasteiger partial charge in [-0.3, -0.25) is 9.59 Å². The minimum Gasteiger partial charge on any atom is -0.481 e. The Morgan fingerprint density at radius 2 is 1.37 bits per heavy atom. The number of aryl methyl sites for hydroxylation is 5. The van der Waals surface area contributed by atoms with Gasteiger partial charge in [-0.1, -0.05) is 53.6 Å². The maximum absolute atomic E-state index is 10.3. The topological polar surface area (TPSA) is 74.6 Å². The van der Waals surface area contributed by atoms with Crippen LogP contribution in [0.2, 0.25) is 0 Å². The van der Waals surface area contributed by atoms with Crippen LogP contribution >= 0.6 is 0 Å². The van der Waals surface area contributed by atoms with Gasteiger partial charge in [0.25, 0.3) is 0 Å². The Labute approximate surface area is 161 Å². The van der Waals surface area contributed by atoms with Gasteiger partial charge in [0.2, 0.25) is 0 Å².